The van der Waals surface area contributed by atoms with E-state index in [9.17, 15) is 0 Å². The quantitative estimate of drug-likeness (QED) is 0.774. The highest BCUT2D eigenvalue weighted by Gasteiger charge is 2.29. The summed E-state index contributed by atoms with van der Waals surface area (Å²) in [7, 11) is 4.13. The monoisotopic (exact) mass is 340 g/mol. The minimum Gasteiger partial charge on any atom is -0.494 e. The van der Waals surface area contributed by atoms with Crippen molar-refractivity contribution < 1.29 is 4.74 Å². The van der Waals surface area contributed by atoms with Crippen LogP contribution in [0.15, 0.2) is 36.5 Å². The first-order valence-corrected chi connectivity index (χ1v) is 9.08. The summed E-state index contributed by atoms with van der Waals surface area (Å²) >= 11 is 0. The molecule has 0 spiro atoms. The molecule has 1 atom stereocenters. The molecule has 134 valence electrons. The molecule has 2 heterocycles. The molecule has 5 nitrogen and oxygen atoms in total. The van der Waals surface area contributed by atoms with Crippen molar-refractivity contribution in [2.45, 2.75) is 38.9 Å². The van der Waals surface area contributed by atoms with Gasteiger partial charge in [0.25, 0.3) is 0 Å². The molecule has 3 rings (SSSR count). The molecule has 1 aromatic carbocycles. The Morgan fingerprint density at radius 3 is 2.88 bits per heavy atom. The molecule has 25 heavy (non-hydrogen) atoms. The fraction of sp³-hybridized carbons (Fsp3) is 0.500. The van der Waals surface area contributed by atoms with Crippen LogP contribution < -0.4 is 4.74 Å². The lowest BCUT2D eigenvalue weighted by molar-refractivity contribution is 0.233. The van der Waals surface area contributed by atoms with Crippen LogP contribution in [0.25, 0.3) is 0 Å². The Kier molecular flexibility index (Phi) is 6.00. The second-order valence-corrected chi connectivity index (χ2v) is 6.81. The third-order valence-corrected chi connectivity index (χ3v) is 4.52. The summed E-state index contributed by atoms with van der Waals surface area (Å²) in [5.74, 6) is 1.93. The van der Waals surface area contributed by atoms with Crippen molar-refractivity contribution in [2.75, 3.05) is 27.2 Å². The van der Waals surface area contributed by atoms with E-state index in [1.807, 2.05) is 25.3 Å². The van der Waals surface area contributed by atoms with E-state index in [2.05, 4.69) is 47.1 Å². The Morgan fingerprint density at radius 1 is 1.24 bits per heavy atom. The van der Waals surface area contributed by atoms with Gasteiger partial charge in [-0.1, -0.05) is 18.2 Å². The molecule has 1 aliphatic heterocycles. The Bertz CT molecular complexity index is 689. The van der Waals surface area contributed by atoms with Gasteiger partial charge >= 0.3 is 0 Å². The summed E-state index contributed by atoms with van der Waals surface area (Å²) in [4.78, 5) is 14.0. The Labute approximate surface area is 150 Å². The van der Waals surface area contributed by atoms with Crippen LogP contribution in [0.3, 0.4) is 0 Å². The largest absolute Gasteiger partial charge is 0.494 e. The average Bonchev–Trinajstić information content (AvgIpc) is 3.05. The SMILES string of the molecule is CCOc1ccccc1CN1CCCC1c1nccc(CN(C)C)n1. The van der Waals surface area contributed by atoms with Crippen molar-refractivity contribution in [3.63, 3.8) is 0 Å². The summed E-state index contributed by atoms with van der Waals surface area (Å²) in [5, 5.41) is 0. The van der Waals surface area contributed by atoms with Crippen LogP contribution in [-0.4, -0.2) is 47.0 Å². The zero-order chi connectivity index (χ0) is 17.6. The fourth-order valence-electron chi connectivity index (χ4n) is 3.44. The van der Waals surface area contributed by atoms with Gasteiger partial charge < -0.3 is 9.64 Å². The summed E-state index contributed by atoms with van der Waals surface area (Å²) in [5.41, 5.74) is 2.32. The third-order valence-electron chi connectivity index (χ3n) is 4.52. The van der Waals surface area contributed by atoms with E-state index < -0.39 is 0 Å². The van der Waals surface area contributed by atoms with Gasteiger partial charge in [-0.25, -0.2) is 9.97 Å². The van der Waals surface area contributed by atoms with Gasteiger partial charge in [0, 0.05) is 24.8 Å². The van der Waals surface area contributed by atoms with E-state index in [-0.39, 0.29) is 6.04 Å². The lowest BCUT2D eigenvalue weighted by Gasteiger charge is -2.24. The minimum atomic E-state index is 0.289. The van der Waals surface area contributed by atoms with E-state index in [1.54, 1.807) is 0 Å². The second kappa shape index (κ2) is 8.41. The van der Waals surface area contributed by atoms with Gasteiger partial charge in [-0.3, -0.25) is 4.90 Å². The molecule has 0 N–H and O–H groups in total. The van der Waals surface area contributed by atoms with Crippen molar-refractivity contribution in [1.29, 1.82) is 0 Å². The molecule has 5 heteroatoms. The van der Waals surface area contributed by atoms with Crippen molar-refractivity contribution in [3.05, 3.63) is 53.6 Å². The maximum atomic E-state index is 5.79. The fourth-order valence-corrected chi connectivity index (χ4v) is 3.44. The summed E-state index contributed by atoms with van der Waals surface area (Å²) in [6.45, 7) is 5.51. The van der Waals surface area contributed by atoms with Crippen LogP contribution in [0, 0.1) is 0 Å². The van der Waals surface area contributed by atoms with Crippen molar-refractivity contribution >= 4 is 0 Å². The van der Waals surface area contributed by atoms with Gasteiger partial charge in [-0.2, -0.15) is 0 Å². The van der Waals surface area contributed by atoms with Crippen molar-refractivity contribution in [3.8, 4) is 5.75 Å². The summed E-state index contributed by atoms with van der Waals surface area (Å²) in [6.07, 6.45) is 4.19. The topological polar surface area (TPSA) is 41.5 Å². The first-order valence-electron chi connectivity index (χ1n) is 9.08. The first kappa shape index (κ1) is 17.8. The van der Waals surface area contributed by atoms with Gasteiger partial charge in [0.05, 0.1) is 18.3 Å². The van der Waals surface area contributed by atoms with Gasteiger partial charge in [-0.15, -0.1) is 0 Å². The lowest BCUT2D eigenvalue weighted by Crippen LogP contribution is -2.25. The Morgan fingerprint density at radius 2 is 2.08 bits per heavy atom. The van der Waals surface area contributed by atoms with E-state index in [0.717, 1.165) is 43.3 Å². The lowest BCUT2D eigenvalue weighted by atomic mass is 10.1. The smallest absolute Gasteiger partial charge is 0.145 e. The standard InChI is InChI=1S/C20H28N4O/c1-4-25-19-10-6-5-8-16(19)14-24-13-7-9-18(24)20-21-12-11-17(22-20)15-23(2)3/h5-6,8,10-12,18H,4,7,9,13-15H2,1-3H3. The number of ether oxygens (including phenoxy) is 1. The van der Waals surface area contributed by atoms with Crippen LogP contribution in [0.4, 0.5) is 0 Å². The normalized spacial score (nSPS) is 18.0. The molecule has 0 bridgehead atoms. The summed E-state index contributed by atoms with van der Waals surface area (Å²) < 4.78 is 5.79. The second-order valence-electron chi connectivity index (χ2n) is 6.81. The number of likely N-dealkylation sites (tertiary alicyclic amines) is 1. The molecule has 0 amide bonds. The summed E-state index contributed by atoms with van der Waals surface area (Å²) in [6, 6.07) is 10.6. The number of aromatic nitrogens is 2. The van der Waals surface area contributed by atoms with Crippen LogP contribution in [0.5, 0.6) is 5.75 Å². The molecule has 2 aromatic rings. The number of benzene rings is 1. The molecule has 0 radical (unpaired) electrons. The van der Waals surface area contributed by atoms with Gasteiger partial charge in [0.2, 0.25) is 0 Å². The van der Waals surface area contributed by atoms with Crippen molar-refractivity contribution in [1.82, 2.24) is 19.8 Å². The highest BCUT2D eigenvalue weighted by molar-refractivity contribution is 5.33. The molecule has 1 saturated heterocycles. The number of hydrogen-bond acceptors (Lipinski definition) is 5. The number of nitrogens with zero attached hydrogens (tertiary/aromatic N) is 4. The Balaban J connectivity index is 1.77. The van der Waals surface area contributed by atoms with Crippen LogP contribution >= 0.6 is 0 Å². The third kappa shape index (κ3) is 4.55. The van der Waals surface area contributed by atoms with Crippen molar-refractivity contribution in [2.24, 2.45) is 0 Å². The molecule has 0 saturated carbocycles. The van der Waals surface area contributed by atoms with E-state index >= 15 is 0 Å². The zero-order valence-electron chi connectivity index (χ0n) is 15.5. The van der Waals surface area contributed by atoms with Gasteiger partial charge in [-0.05, 0) is 52.5 Å². The molecule has 1 unspecified atom stereocenters. The molecule has 1 fully saturated rings. The highest BCUT2D eigenvalue weighted by atomic mass is 16.5. The maximum absolute atomic E-state index is 5.79. The molecular formula is C20H28N4O. The Hall–Kier alpha value is -1.98. The minimum absolute atomic E-state index is 0.289. The average molecular weight is 340 g/mol. The molecule has 1 aliphatic rings. The van der Waals surface area contributed by atoms with Crippen LogP contribution in [0.2, 0.25) is 0 Å². The molecular weight excluding hydrogens is 312 g/mol. The highest BCUT2D eigenvalue weighted by Crippen LogP contribution is 2.33. The number of para-hydroxylation sites is 1. The van der Waals surface area contributed by atoms with Gasteiger partial charge in [0.15, 0.2) is 0 Å². The zero-order valence-corrected chi connectivity index (χ0v) is 15.5. The number of hydrogen-bond donors (Lipinski definition) is 0. The first-order chi connectivity index (χ1) is 12.2. The number of rotatable bonds is 7. The van der Waals surface area contributed by atoms with Crippen LogP contribution in [-0.2, 0) is 13.1 Å². The maximum Gasteiger partial charge on any atom is 0.145 e. The van der Waals surface area contributed by atoms with Crippen LogP contribution in [0.1, 0.15) is 42.9 Å². The van der Waals surface area contributed by atoms with E-state index in [1.165, 1.54) is 12.0 Å². The van der Waals surface area contributed by atoms with E-state index in [0.29, 0.717) is 6.61 Å². The molecule has 1 aromatic heterocycles. The predicted octanol–water partition coefficient (Wildman–Crippen LogP) is 3.27. The van der Waals surface area contributed by atoms with E-state index in [4.69, 9.17) is 9.72 Å². The molecule has 0 aliphatic carbocycles. The predicted molar refractivity (Wildman–Crippen MR) is 99.4 cm³/mol. The van der Waals surface area contributed by atoms with Gasteiger partial charge in [0.1, 0.15) is 11.6 Å².